The lowest BCUT2D eigenvalue weighted by Crippen LogP contribution is -2.27. The van der Waals surface area contributed by atoms with Gasteiger partial charge < -0.3 is 9.88 Å². The number of hydrogen-bond donors (Lipinski definition) is 2. The molecule has 5 rings (SSSR count). The largest absolute Gasteiger partial charge is 0.369 e. The molecule has 1 unspecified atom stereocenters. The highest BCUT2D eigenvalue weighted by Crippen LogP contribution is 2.34. The van der Waals surface area contributed by atoms with Gasteiger partial charge in [0, 0.05) is 19.3 Å². The van der Waals surface area contributed by atoms with Crippen molar-refractivity contribution in [1.29, 1.82) is 0 Å². The third kappa shape index (κ3) is 3.50. The Hall–Kier alpha value is -3.08. The van der Waals surface area contributed by atoms with Crippen LogP contribution in [0.15, 0.2) is 24.7 Å². The molecule has 32 heavy (non-hydrogen) atoms. The molecular weight excluding hydrogens is 440 g/mol. The molecule has 11 heteroatoms. The number of fused-ring (bicyclic) bond motifs is 7. The van der Waals surface area contributed by atoms with E-state index in [0.29, 0.717) is 29.3 Å². The fraction of sp³-hybridized carbons (Fsp3) is 0.381. The minimum atomic E-state index is -3.97. The van der Waals surface area contributed by atoms with E-state index in [0.717, 1.165) is 25.0 Å². The lowest BCUT2D eigenvalue weighted by atomic mass is 10.0. The Labute approximate surface area is 183 Å². The number of aryl methyl sites for hydroxylation is 1. The molecule has 0 spiro atoms. The number of rotatable bonds is 3. The third-order valence-electron chi connectivity index (χ3n) is 6.03. The Balaban J connectivity index is 1.74. The lowest BCUT2D eigenvalue weighted by molar-refractivity contribution is 0.103. The molecule has 0 saturated heterocycles. The van der Waals surface area contributed by atoms with Gasteiger partial charge in [0.05, 0.1) is 27.5 Å². The molecule has 1 aliphatic heterocycles. The topological polar surface area (TPSA) is 106 Å². The van der Waals surface area contributed by atoms with Crippen molar-refractivity contribution >= 4 is 38.3 Å². The highest BCUT2D eigenvalue weighted by molar-refractivity contribution is 7.93. The lowest BCUT2D eigenvalue weighted by Gasteiger charge is -2.17. The molecule has 1 fully saturated rings. The van der Waals surface area contributed by atoms with Crippen LogP contribution in [0.1, 0.15) is 42.1 Å². The van der Waals surface area contributed by atoms with Crippen LogP contribution in [0.5, 0.6) is 0 Å². The first-order valence-electron chi connectivity index (χ1n) is 10.4. The van der Waals surface area contributed by atoms with E-state index in [4.69, 9.17) is 0 Å². The van der Waals surface area contributed by atoms with E-state index in [2.05, 4.69) is 20.0 Å². The van der Waals surface area contributed by atoms with E-state index < -0.39 is 43.9 Å². The van der Waals surface area contributed by atoms with Gasteiger partial charge in [-0.05, 0) is 44.2 Å². The normalized spacial score (nSPS) is 20.3. The first-order valence-corrected chi connectivity index (χ1v) is 11.9. The number of nitrogens with one attached hydrogen (secondary N) is 2. The molecule has 2 N–H and O–H groups in total. The molecule has 0 amide bonds. The summed E-state index contributed by atoms with van der Waals surface area (Å²) in [6.07, 6.45) is 5.23. The Morgan fingerprint density at radius 1 is 1.22 bits per heavy atom. The minimum absolute atomic E-state index is 0.0601. The van der Waals surface area contributed by atoms with Gasteiger partial charge in [-0.1, -0.05) is 0 Å². The number of aromatic nitrogens is 3. The first kappa shape index (κ1) is 20.8. The molecule has 8 nitrogen and oxygen atoms in total. The summed E-state index contributed by atoms with van der Waals surface area (Å²) in [5, 5.41) is 2.72. The molecule has 0 radical (unpaired) electrons. The number of sulfonamides is 1. The van der Waals surface area contributed by atoms with Crippen molar-refractivity contribution in [1.82, 2.24) is 14.5 Å². The van der Waals surface area contributed by atoms with Crippen molar-refractivity contribution in [2.45, 2.75) is 38.0 Å². The van der Waals surface area contributed by atoms with E-state index in [-0.39, 0.29) is 18.5 Å². The van der Waals surface area contributed by atoms with Gasteiger partial charge >= 0.3 is 0 Å². The Morgan fingerprint density at radius 3 is 2.75 bits per heavy atom. The van der Waals surface area contributed by atoms with Gasteiger partial charge in [-0.3, -0.25) is 9.52 Å². The molecule has 2 aromatic heterocycles. The summed E-state index contributed by atoms with van der Waals surface area (Å²) >= 11 is 0. The number of benzene rings is 1. The van der Waals surface area contributed by atoms with E-state index >= 15 is 4.39 Å². The second-order valence-corrected chi connectivity index (χ2v) is 10.4. The van der Waals surface area contributed by atoms with Crippen LogP contribution in [0.4, 0.5) is 20.3 Å². The predicted octanol–water partition coefficient (Wildman–Crippen LogP) is 3.30. The van der Waals surface area contributed by atoms with Gasteiger partial charge in [0.1, 0.15) is 23.6 Å². The number of ketones is 1. The van der Waals surface area contributed by atoms with Crippen molar-refractivity contribution in [3.05, 3.63) is 47.4 Å². The molecule has 168 valence electrons. The maximum Gasteiger partial charge on any atom is 0.235 e. The van der Waals surface area contributed by atoms with Gasteiger partial charge in [0.15, 0.2) is 5.82 Å². The van der Waals surface area contributed by atoms with Crippen LogP contribution in [-0.4, -0.2) is 40.5 Å². The zero-order chi connectivity index (χ0) is 22.6. The average molecular weight is 461 g/mol. The molecule has 1 saturated carbocycles. The van der Waals surface area contributed by atoms with E-state index in [1.165, 1.54) is 19.4 Å². The molecular formula is C21H21F2N5O3S. The van der Waals surface area contributed by atoms with Crippen LogP contribution in [0.25, 0.3) is 11.0 Å². The maximum absolute atomic E-state index is 15.2. The zero-order valence-corrected chi connectivity index (χ0v) is 18.0. The average Bonchev–Trinajstić information content (AvgIpc) is 3.51. The molecule has 4 bridgehead atoms. The Bertz CT molecular complexity index is 1350. The van der Waals surface area contributed by atoms with Gasteiger partial charge in [0.25, 0.3) is 0 Å². The standard InChI is InChI=1S/C21H21F2N5O3S/c1-11-6-7-28-9-13(16-20(24-8-12-2-3-12)25-10-26-21(16)28)19(29)17-14(22)4-5-15(18(17)23)27-32(11,30)31/h4-5,9-12,27H,2-3,6-8H2,1H3,(H,24,25,26). The molecule has 3 aromatic rings. The number of carbonyl (C=O) groups excluding carboxylic acids is 1. The van der Waals surface area contributed by atoms with Crippen LogP contribution < -0.4 is 10.0 Å². The van der Waals surface area contributed by atoms with Crippen LogP contribution in [-0.2, 0) is 16.6 Å². The fourth-order valence-corrected chi connectivity index (χ4v) is 4.95. The number of anilines is 2. The second kappa shape index (κ2) is 7.51. The second-order valence-electron chi connectivity index (χ2n) is 8.34. The molecule has 1 atom stereocenters. The summed E-state index contributed by atoms with van der Waals surface area (Å²) in [6, 6.07) is 1.86. The number of carbonyl (C=O) groups is 1. The van der Waals surface area contributed by atoms with Crippen molar-refractivity contribution < 1.29 is 22.0 Å². The quantitative estimate of drug-likeness (QED) is 0.620. The van der Waals surface area contributed by atoms with Crippen molar-refractivity contribution in [2.75, 3.05) is 16.6 Å². The van der Waals surface area contributed by atoms with Gasteiger partial charge in [-0.15, -0.1) is 0 Å². The Morgan fingerprint density at radius 2 is 2.00 bits per heavy atom. The monoisotopic (exact) mass is 461 g/mol. The molecule has 2 aliphatic rings. The highest BCUT2D eigenvalue weighted by Gasteiger charge is 2.31. The van der Waals surface area contributed by atoms with E-state index in [9.17, 15) is 17.6 Å². The van der Waals surface area contributed by atoms with Gasteiger partial charge in [-0.2, -0.15) is 0 Å². The molecule has 1 aromatic carbocycles. The van der Waals surface area contributed by atoms with Gasteiger partial charge in [0.2, 0.25) is 15.8 Å². The molecule has 3 heterocycles. The summed E-state index contributed by atoms with van der Waals surface area (Å²) in [5.74, 6) is -2.29. The SMILES string of the molecule is CC1CCn2cc(c3c(NCC4CC4)ncnc32)C(=O)c2c(F)ccc(c2F)NS1(=O)=O. The fourth-order valence-electron chi connectivity index (χ4n) is 3.87. The Kier molecular flexibility index (Phi) is 4.88. The predicted molar refractivity (Wildman–Crippen MR) is 115 cm³/mol. The van der Waals surface area contributed by atoms with Gasteiger partial charge in [-0.25, -0.2) is 27.2 Å². The summed E-state index contributed by atoms with van der Waals surface area (Å²) in [6.45, 7) is 2.41. The van der Waals surface area contributed by atoms with Crippen molar-refractivity contribution in [2.24, 2.45) is 5.92 Å². The van der Waals surface area contributed by atoms with Crippen LogP contribution in [0.3, 0.4) is 0 Å². The van der Waals surface area contributed by atoms with Crippen LogP contribution in [0.2, 0.25) is 0 Å². The van der Waals surface area contributed by atoms with Crippen molar-refractivity contribution in [3.63, 3.8) is 0 Å². The summed E-state index contributed by atoms with van der Waals surface area (Å²) in [7, 11) is -3.97. The zero-order valence-electron chi connectivity index (χ0n) is 17.2. The summed E-state index contributed by atoms with van der Waals surface area (Å²) < 4.78 is 59.0. The van der Waals surface area contributed by atoms with E-state index in [1.807, 2.05) is 0 Å². The summed E-state index contributed by atoms with van der Waals surface area (Å²) in [5.41, 5.74) is -0.830. The minimum Gasteiger partial charge on any atom is -0.369 e. The smallest absolute Gasteiger partial charge is 0.235 e. The molecule has 1 aliphatic carbocycles. The first-order chi connectivity index (χ1) is 15.3. The number of nitrogens with zero attached hydrogens (tertiary/aromatic N) is 3. The number of halogens is 2. The van der Waals surface area contributed by atoms with E-state index in [1.54, 1.807) is 4.57 Å². The van der Waals surface area contributed by atoms with Crippen LogP contribution in [0, 0.1) is 17.6 Å². The highest BCUT2D eigenvalue weighted by atomic mass is 32.2. The van der Waals surface area contributed by atoms with Crippen LogP contribution >= 0.6 is 0 Å². The number of hydrogen-bond acceptors (Lipinski definition) is 6. The maximum atomic E-state index is 15.2. The van der Waals surface area contributed by atoms with Crippen molar-refractivity contribution in [3.8, 4) is 0 Å². The third-order valence-corrected chi connectivity index (χ3v) is 7.83. The summed E-state index contributed by atoms with van der Waals surface area (Å²) in [4.78, 5) is 21.9.